The molecular formula is C11H14N4O3S. The van der Waals surface area contributed by atoms with Gasteiger partial charge in [-0.15, -0.1) is 0 Å². The zero-order valence-electron chi connectivity index (χ0n) is 10.5. The Hall–Kier alpha value is -1.93. The van der Waals surface area contributed by atoms with Gasteiger partial charge in [-0.25, -0.2) is 18.1 Å². The molecule has 0 aliphatic rings. The molecule has 0 aliphatic heterocycles. The first kappa shape index (κ1) is 13.5. The predicted molar refractivity (Wildman–Crippen MR) is 69.0 cm³/mol. The number of rotatable bonds is 5. The lowest BCUT2D eigenvalue weighted by Crippen LogP contribution is -2.24. The average molecular weight is 282 g/mol. The van der Waals surface area contributed by atoms with E-state index in [-0.39, 0.29) is 11.4 Å². The number of aromatic nitrogens is 2. The Labute approximate surface area is 111 Å². The van der Waals surface area contributed by atoms with Crippen LogP contribution in [0.2, 0.25) is 0 Å². The second-order valence-corrected chi connectivity index (χ2v) is 5.55. The van der Waals surface area contributed by atoms with E-state index in [9.17, 15) is 8.42 Å². The quantitative estimate of drug-likeness (QED) is 0.845. The number of oxazole rings is 1. The first-order valence-electron chi connectivity index (χ1n) is 5.55. The van der Waals surface area contributed by atoms with E-state index >= 15 is 0 Å². The molecule has 2 heterocycles. The molecule has 0 atom stereocenters. The van der Waals surface area contributed by atoms with Crippen molar-refractivity contribution >= 4 is 15.7 Å². The number of pyridine rings is 1. The molecule has 2 rings (SSSR count). The van der Waals surface area contributed by atoms with Crippen LogP contribution in [0, 0.1) is 6.92 Å². The standard InChI is InChI=1S/C11H14N4O3S/c1-8-5-14-11(18-8)7-15-19(16,17)10-6-13-4-3-9(10)12-2/h3-6,15H,7H2,1-2H3,(H,12,13). The highest BCUT2D eigenvalue weighted by Crippen LogP contribution is 2.18. The van der Waals surface area contributed by atoms with Gasteiger partial charge in [-0.05, 0) is 13.0 Å². The molecule has 102 valence electrons. The van der Waals surface area contributed by atoms with Crippen molar-refractivity contribution in [3.05, 3.63) is 36.3 Å². The van der Waals surface area contributed by atoms with E-state index in [1.165, 1.54) is 18.6 Å². The summed E-state index contributed by atoms with van der Waals surface area (Å²) in [7, 11) is -2.02. The van der Waals surface area contributed by atoms with Crippen molar-refractivity contribution in [1.29, 1.82) is 0 Å². The van der Waals surface area contributed by atoms with Crippen LogP contribution in [0.5, 0.6) is 0 Å². The highest BCUT2D eigenvalue weighted by atomic mass is 32.2. The molecule has 8 heteroatoms. The van der Waals surface area contributed by atoms with Crippen LogP contribution in [0.1, 0.15) is 11.7 Å². The van der Waals surface area contributed by atoms with Gasteiger partial charge in [-0.3, -0.25) is 4.98 Å². The summed E-state index contributed by atoms with van der Waals surface area (Å²) >= 11 is 0. The molecule has 2 aromatic rings. The van der Waals surface area contributed by atoms with Crippen LogP contribution < -0.4 is 10.0 Å². The zero-order chi connectivity index (χ0) is 13.9. The van der Waals surface area contributed by atoms with Crippen molar-refractivity contribution in [2.24, 2.45) is 0 Å². The summed E-state index contributed by atoms with van der Waals surface area (Å²) in [6.07, 6.45) is 4.34. The van der Waals surface area contributed by atoms with Gasteiger partial charge in [0, 0.05) is 19.4 Å². The van der Waals surface area contributed by atoms with Crippen molar-refractivity contribution in [1.82, 2.24) is 14.7 Å². The molecular weight excluding hydrogens is 268 g/mol. The topological polar surface area (TPSA) is 97.1 Å². The fourth-order valence-corrected chi connectivity index (χ4v) is 2.65. The van der Waals surface area contributed by atoms with Gasteiger partial charge >= 0.3 is 0 Å². The fraction of sp³-hybridized carbons (Fsp3) is 0.273. The minimum atomic E-state index is -3.67. The summed E-state index contributed by atoms with van der Waals surface area (Å²) in [5, 5.41) is 2.81. The minimum Gasteiger partial charge on any atom is -0.445 e. The average Bonchev–Trinajstić information content (AvgIpc) is 2.82. The maximum absolute atomic E-state index is 12.1. The molecule has 0 saturated carbocycles. The van der Waals surface area contributed by atoms with E-state index < -0.39 is 10.0 Å². The monoisotopic (exact) mass is 282 g/mol. The van der Waals surface area contributed by atoms with Crippen molar-refractivity contribution in [3.63, 3.8) is 0 Å². The molecule has 0 spiro atoms. The third-order valence-corrected chi connectivity index (χ3v) is 3.85. The SMILES string of the molecule is CNc1ccncc1S(=O)(=O)NCc1ncc(C)o1. The highest BCUT2D eigenvalue weighted by Gasteiger charge is 2.18. The van der Waals surface area contributed by atoms with Crippen molar-refractivity contribution in [2.45, 2.75) is 18.4 Å². The number of hydrogen-bond donors (Lipinski definition) is 2. The molecule has 19 heavy (non-hydrogen) atoms. The molecule has 0 radical (unpaired) electrons. The van der Waals surface area contributed by atoms with E-state index in [0.717, 1.165) is 0 Å². The van der Waals surface area contributed by atoms with Crippen LogP contribution in [0.25, 0.3) is 0 Å². The summed E-state index contributed by atoms with van der Waals surface area (Å²) in [5.74, 6) is 0.947. The maximum Gasteiger partial charge on any atom is 0.244 e. The smallest absolute Gasteiger partial charge is 0.244 e. The molecule has 2 aromatic heterocycles. The van der Waals surface area contributed by atoms with E-state index in [0.29, 0.717) is 17.3 Å². The molecule has 0 saturated heterocycles. The van der Waals surface area contributed by atoms with Crippen LogP contribution in [-0.4, -0.2) is 25.4 Å². The Balaban J connectivity index is 2.18. The Bertz CT molecular complexity index is 666. The Morgan fingerprint density at radius 3 is 2.79 bits per heavy atom. The van der Waals surface area contributed by atoms with E-state index in [2.05, 4.69) is 20.0 Å². The lowest BCUT2D eigenvalue weighted by Gasteiger charge is -2.09. The Kier molecular flexibility index (Phi) is 3.82. The van der Waals surface area contributed by atoms with Gasteiger partial charge in [0.15, 0.2) is 0 Å². The first-order chi connectivity index (χ1) is 9.03. The van der Waals surface area contributed by atoms with Crippen molar-refractivity contribution in [3.8, 4) is 0 Å². The third kappa shape index (κ3) is 3.09. The second kappa shape index (κ2) is 5.37. The minimum absolute atomic E-state index is 0.00573. The number of nitrogens with one attached hydrogen (secondary N) is 2. The van der Waals surface area contributed by atoms with Crippen molar-refractivity contribution in [2.75, 3.05) is 12.4 Å². The normalized spacial score (nSPS) is 11.5. The third-order valence-electron chi connectivity index (χ3n) is 2.43. The Morgan fingerprint density at radius 1 is 1.37 bits per heavy atom. The number of anilines is 1. The number of aryl methyl sites for hydroxylation is 1. The second-order valence-electron chi connectivity index (χ2n) is 3.81. The zero-order valence-corrected chi connectivity index (χ0v) is 11.4. The predicted octanol–water partition coefficient (Wildman–Crippen LogP) is 0.898. The van der Waals surface area contributed by atoms with Gasteiger partial charge < -0.3 is 9.73 Å². The van der Waals surface area contributed by atoms with E-state index in [1.807, 2.05) is 0 Å². The van der Waals surface area contributed by atoms with Gasteiger partial charge in [0.05, 0.1) is 18.4 Å². The van der Waals surface area contributed by atoms with E-state index in [4.69, 9.17) is 4.42 Å². The summed E-state index contributed by atoms with van der Waals surface area (Å²) in [4.78, 5) is 7.83. The van der Waals surface area contributed by atoms with Crippen LogP contribution in [-0.2, 0) is 16.6 Å². The van der Waals surface area contributed by atoms with Gasteiger partial charge in [0.2, 0.25) is 15.9 Å². The molecule has 0 bridgehead atoms. The molecule has 2 N–H and O–H groups in total. The lowest BCUT2D eigenvalue weighted by molar-refractivity contribution is 0.463. The maximum atomic E-state index is 12.1. The van der Waals surface area contributed by atoms with E-state index in [1.54, 1.807) is 20.0 Å². The first-order valence-corrected chi connectivity index (χ1v) is 7.04. The van der Waals surface area contributed by atoms with Crippen LogP contribution in [0.4, 0.5) is 5.69 Å². The molecule has 0 aliphatic carbocycles. The number of sulfonamides is 1. The van der Waals surface area contributed by atoms with Crippen LogP contribution >= 0.6 is 0 Å². The lowest BCUT2D eigenvalue weighted by atomic mass is 10.4. The summed E-state index contributed by atoms with van der Waals surface area (Å²) in [5.41, 5.74) is 0.478. The fourth-order valence-electron chi connectivity index (χ4n) is 1.52. The molecule has 0 unspecified atom stereocenters. The van der Waals surface area contributed by atoms with Gasteiger partial charge in [0.25, 0.3) is 0 Å². The van der Waals surface area contributed by atoms with Crippen LogP contribution in [0.3, 0.4) is 0 Å². The summed E-state index contributed by atoms with van der Waals surface area (Å²) in [6.45, 7) is 1.74. The molecule has 0 aromatic carbocycles. The van der Waals surface area contributed by atoms with Gasteiger partial charge in [-0.1, -0.05) is 0 Å². The highest BCUT2D eigenvalue weighted by molar-refractivity contribution is 7.89. The van der Waals surface area contributed by atoms with Gasteiger partial charge in [-0.2, -0.15) is 0 Å². The number of nitrogens with zero attached hydrogens (tertiary/aromatic N) is 2. The largest absolute Gasteiger partial charge is 0.445 e. The van der Waals surface area contributed by atoms with Crippen molar-refractivity contribution < 1.29 is 12.8 Å². The number of hydrogen-bond acceptors (Lipinski definition) is 6. The Morgan fingerprint density at radius 2 is 2.16 bits per heavy atom. The summed E-state index contributed by atoms with van der Waals surface area (Å²) < 4.78 is 31.9. The summed E-state index contributed by atoms with van der Waals surface area (Å²) in [6, 6.07) is 1.59. The van der Waals surface area contributed by atoms with Gasteiger partial charge in [0.1, 0.15) is 10.7 Å². The van der Waals surface area contributed by atoms with Crippen LogP contribution in [0.15, 0.2) is 34.0 Å². The molecule has 0 fully saturated rings. The molecule has 0 amide bonds. The molecule has 7 nitrogen and oxygen atoms in total.